The van der Waals surface area contributed by atoms with Crippen LogP contribution in [0, 0.1) is 0 Å². The van der Waals surface area contributed by atoms with Crippen molar-refractivity contribution < 1.29 is 0 Å². The molecule has 52 heavy (non-hydrogen) atoms. The first kappa shape index (κ1) is 29.0. The molecule has 0 heterocycles. The van der Waals surface area contributed by atoms with Crippen LogP contribution in [0.25, 0.3) is 110 Å². The second kappa shape index (κ2) is 11.4. The molecule has 1 aliphatic rings. The van der Waals surface area contributed by atoms with Crippen molar-refractivity contribution in [3.63, 3.8) is 0 Å². The lowest BCUT2D eigenvalue weighted by atomic mass is 9.82. The summed E-state index contributed by atoms with van der Waals surface area (Å²) in [6.07, 6.45) is 0. The van der Waals surface area contributed by atoms with Crippen molar-refractivity contribution >= 4 is 43.1 Å². The molecule has 11 rings (SSSR count). The summed E-state index contributed by atoms with van der Waals surface area (Å²) in [5.74, 6) is 0. The van der Waals surface area contributed by atoms with Gasteiger partial charge in [0.15, 0.2) is 0 Å². The van der Waals surface area contributed by atoms with E-state index in [4.69, 9.17) is 0 Å². The van der Waals surface area contributed by atoms with E-state index in [-0.39, 0.29) is 0 Å². The van der Waals surface area contributed by atoms with Crippen LogP contribution in [-0.2, 0) is 0 Å². The Bertz CT molecular complexity index is 3040. The van der Waals surface area contributed by atoms with Gasteiger partial charge in [0.25, 0.3) is 0 Å². The minimum atomic E-state index is 1.23. The lowest BCUT2D eigenvalue weighted by Gasteiger charge is -2.20. The number of hydrogen-bond acceptors (Lipinski definition) is 0. The molecule has 0 unspecified atom stereocenters. The van der Waals surface area contributed by atoms with E-state index in [1.165, 1.54) is 110 Å². The Balaban J connectivity index is 1.33. The Morgan fingerprint density at radius 1 is 0.212 bits per heavy atom. The zero-order valence-electron chi connectivity index (χ0n) is 28.5. The molecule has 0 spiro atoms. The molecular weight excluding hydrogens is 625 g/mol. The summed E-state index contributed by atoms with van der Waals surface area (Å²) >= 11 is 0. The lowest BCUT2D eigenvalue weighted by Crippen LogP contribution is -1.93. The predicted molar refractivity (Wildman–Crippen MR) is 223 cm³/mol. The van der Waals surface area contributed by atoms with Crippen molar-refractivity contribution in [2.24, 2.45) is 0 Å². The minimum Gasteiger partial charge on any atom is -0.0622 e. The van der Waals surface area contributed by atoms with Gasteiger partial charge in [-0.25, -0.2) is 0 Å². The van der Waals surface area contributed by atoms with E-state index < -0.39 is 0 Å². The fraction of sp³-hybridized carbons (Fsp3) is 0. The Kier molecular flexibility index (Phi) is 6.35. The Labute approximate surface area is 302 Å². The summed E-state index contributed by atoms with van der Waals surface area (Å²) in [6, 6.07) is 71.8. The van der Waals surface area contributed by atoms with Crippen molar-refractivity contribution in [1.82, 2.24) is 0 Å². The van der Waals surface area contributed by atoms with Crippen LogP contribution in [-0.4, -0.2) is 0 Å². The van der Waals surface area contributed by atoms with Crippen LogP contribution in [0.5, 0.6) is 0 Å². The number of benzene rings is 10. The molecule has 0 saturated heterocycles. The molecule has 10 aromatic rings. The van der Waals surface area contributed by atoms with E-state index in [0.29, 0.717) is 0 Å². The summed E-state index contributed by atoms with van der Waals surface area (Å²) in [4.78, 5) is 0. The largest absolute Gasteiger partial charge is 0.0622 e. The molecule has 0 aromatic heterocycles. The van der Waals surface area contributed by atoms with Gasteiger partial charge in [-0.1, -0.05) is 176 Å². The third-order valence-corrected chi connectivity index (χ3v) is 11.2. The minimum absolute atomic E-state index is 1.23. The average molecular weight is 657 g/mol. The fourth-order valence-corrected chi connectivity index (χ4v) is 8.91. The monoisotopic (exact) mass is 656 g/mol. The summed E-state index contributed by atoms with van der Waals surface area (Å²) < 4.78 is 0. The van der Waals surface area contributed by atoms with Crippen LogP contribution in [0.3, 0.4) is 0 Å². The normalized spacial score (nSPS) is 11.8. The van der Waals surface area contributed by atoms with Crippen LogP contribution in [0.1, 0.15) is 0 Å². The molecule has 0 heteroatoms. The molecule has 0 nitrogen and oxygen atoms in total. The quantitative estimate of drug-likeness (QED) is 0.177. The van der Waals surface area contributed by atoms with Gasteiger partial charge in [-0.3, -0.25) is 0 Å². The average Bonchev–Trinajstić information content (AvgIpc) is 3.54. The maximum atomic E-state index is 2.48. The van der Waals surface area contributed by atoms with Gasteiger partial charge in [-0.15, -0.1) is 0 Å². The van der Waals surface area contributed by atoms with Crippen molar-refractivity contribution in [3.05, 3.63) is 194 Å². The highest BCUT2D eigenvalue weighted by molar-refractivity contribution is 6.29. The van der Waals surface area contributed by atoms with Crippen molar-refractivity contribution in [2.45, 2.75) is 0 Å². The van der Waals surface area contributed by atoms with Gasteiger partial charge in [-0.05, 0) is 128 Å². The zero-order chi connectivity index (χ0) is 34.2. The maximum Gasteiger partial charge on any atom is -0.000719 e. The zero-order valence-corrected chi connectivity index (χ0v) is 28.5. The molecule has 0 aliphatic heterocycles. The molecule has 0 fully saturated rings. The first-order valence-electron chi connectivity index (χ1n) is 18.1. The van der Waals surface area contributed by atoms with E-state index in [1.54, 1.807) is 0 Å². The number of hydrogen-bond donors (Lipinski definition) is 0. The first-order valence-corrected chi connectivity index (χ1v) is 18.1. The summed E-state index contributed by atoms with van der Waals surface area (Å²) in [6.45, 7) is 0. The van der Waals surface area contributed by atoms with Crippen LogP contribution < -0.4 is 0 Å². The Morgan fingerprint density at radius 2 is 0.750 bits per heavy atom. The van der Waals surface area contributed by atoms with Gasteiger partial charge >= 0.3 is 0 Å². The predicted octanol–water partition coefficient (Wildman–Crippen LogP) is 14.6. The van der Waals surface area contributed by atoms with Crippen LogP contribution in [0.4, 0.5) is 0 Å². The second-order valence-corrected chi connectivity index (χ2v) is 14.0. The third-order valence-electron chi connectivity index (χ3n) is 11.2. The first-order chi connectivity index (χ1) is 25.8. The van der Waals surface area contributed by atoms with Gasteiger partial charge in [0.05, 0.1) is 0 Å². The molecule has 0 radical (unpaired) electrons. The fourth-order valence-electron chi connectivity index (χ4n) is 8.91. The van der Waals surface area contributed by atoms with Crippen molar-refractivity contribution in [3.8, 4) is 66.8 Å². The highest BCUT2D eigenvalue weighted by Crippen LogP contribution is 2.59. The van der Waals surface area contributed by atoms with Crippen LogP contribution >= 0.6 is 0 Å². The molecule has 0 amide bonds. The second-order valence-electron chi connectivity index (χ2n) is 14.0. The Morgan fingerprint density at radius 3 is 1.46 bits per heavy atom. The summed E-state index contributed by atoms with van der Waals surface area (Å²) in [5.41, 5.74) is 15.3. The molecule has 0 saturated carbocycles. The third kappa shape index (κ3) is 4.28. The highest BCUT2D eigenvalue weighted by Gasteiger charge is 2.32. The maximum absolute atomic E-state index is 2.48. The van der Waals surface area contributed by atoms with E-state index in [2.05, 4.69) is 194 Å². The summed E-state index contributed by atoms with van der Waals surface area (Å²) in [7, 11) is 0. The molecular formula is C52H32. The SMILES string of the molecule is c1ccc(-c2c3c(c(-c4ccccc4)c4ccccc24)-c2cc(-c4ccc5ccccc5c4)cc4c(-c5cccc6ccccc56)ccc-3c24)cc1. The van der Waals surface area contributed by atoms with Gasteiger partial charge in [-0.2, -0.15) is 0 Å². The molecule has 10 aromatic carbocycles. The highest BCUT2D eigenvalue weighted by atomic mass is 14.3. The smallest absolute Gasteiger partial charge is 0.000719 e. The van der Waals surface area contributed by atoms with E-state index in [1.807, 2.05) is 0 Å². The van der Waals surface area contributed by atoms with E-state index in [0.717, 1.165) is 0 Å². The van der Waals surface area contributed by atoms with Gasteiger partial charge in [0.2, 0.25) is 0 Å². The molecule has 0 N–H and O–H groups in total. The van der Waals surface area contributed by atoms with Crippen LogP contribution in [0.15, 0.2) is 194 Å². The van der Waals surface area contributed by atoms with Gasteiger partial charge < -0.3 is 0 Å². The topological polar surface area (TPSA) is 0 Å². The molecule has 0 atom stereocenters. The molecule has 0 bridgehead atoms. The number of fused-ring (bicyclic) bond motifs is 6. The van der Waals surface area contributed by atoms with Gasteiger partial charge in [0.1, 0.15) is 0 Å². The van der Waals surface area contributed by atoms with Crippen molar-refractivity contribution in [1.29, 1.82) is 0 Å². The summed E-state index contributed by atoms with van der Waals surface area (Å²) in [5, 5.41) is 10.2. The number of rotatable bonds is 4. The lowest BCUT2D eigenvalue weighted by molar-refractivity contribution is 1.62. The van der Waals surface area contributed by atoms with Gasteiger partial charge in [0, 0.05) is 0 Å². The van der Waals surface area contributed by atoms with E-state index >= 15 is 0 Å². The molecule has 1 aliphatic carbocycles. The van der Waals surface area contributed by atoms with Crippen molar-refractivity contribution in [2.75, 3.05) is 0 Å². The van der Waals surface area contributed by atoms with E-state index in [9.17, 15) is 0 Å². The Hall–Kier alpha value is -6.76. The van der Waals surface area contributed by atoms with Crippen LogP contribution in [0.2, 0.25) is 0 Å². The molecule has 240 valence electrons. The standard InChI is InChI=1S/C52H32/c1-3-16-35(17-4-1)48-43-23-11-12-24-44(43)49(36-18-5-2-6-19-36)52-47-32-39(38-27-26-33-14-7-8-20-37(33)30-38)31-46-42(28-29-45(50(46)47)51(48)52)41-25-13-21-34-15-9-10-22-40(34)41/h1-32H.